The third-order valence-corrected chi connectivity index (χ3v) is 3.31. The number of esters is 1. The van der Waals surface area contributed by atoms with Gasteiger partial charge in [-0.05, 0) is 44.4 Å². The fourth-order valence-electron chi connectivity index (χ4n) is 2.01. The molecule has 0 atom stereocenters. The minimum Gasteiger partial charge on any atom is -0.465 e. The van der Waals surface area contributed by atoms with Gasteiger partial charge in [0.2, 0.25) is 0 Å². The molecule has 1 amide bonds. The summed E-state index contributed by atoms with van der Waals surface area (Å²) in [6.07, 6.45) is 0. The van der Waals surface area contributed by atoms with E-state index in [2.05, 4.69) is 13.8 Å². The Morgan fingerprint density at radius 2 is 1.67 bits per heavy atom. The number of rotatable bonds is 6. The Bertz CT molecular complexity index is 477. The Morgan fingerprint density at radius 1 is 1.10 bits per heavy atom. The minimum absolute atomic E-state index is 0.0176. The Labute approximate surface area is 127 Å². The first-order chi connectivity index (χ1) is 9.86. The fourth-order valence-corrected chi connectivity index (χ4v) is 2.01. The molecular formula is C17H25NO3. The Kier molecular flexibility index (Phi) is 6.40. The predicted molar refractivity (Wildman–Crippen MR) is 83.3 cm³/mol. The van der Waals surface area contributed by atoms with E-state index in [1.165, 1.54) is 10.5 Å². The summed E-state index contributed by atoms with van der Waals surface area (Å²) in [5.41, 5.74) is 1.78. The molecule has 116 valence electrons. The van der Waals surface area contributed by atoms with Gasteiger partial charge in [-0.15, -0.1) is 0 Å². The van der Waals surface area contributed by atoms with E-state index in [0.717, 1.165) is 0 Å². The van der Waals surface area contributed by atoms with Crippen molar-refractivity contribution in [3.63, 3.8) is 0 Å². The number of nitrogens with zero attached hydrogens (tertiary/aromatic N) is 1. The summed E-state index contributed by atoms with van der Waals surface area (Å²) < 4.78 is 4.93. The number of hydrogen-bond acceptors (Lipinski definition) is 3. The largest absolute Gasteiger partial charge is 0.465 e. The van der Waals surface area contributed by atoms with Gasteiger partial charge in [-0.2, -0.15) is 0 Å². The van der Waals surface area contributed by atoms with E-state index in [1.54, 1.807) is 6.92 Å². The molecule has 0 N–H and O–H groups in total. The SMILES string of the molecule is CCOC(=O)CN(C(=O)c1ccc(C(C)C)cc1)C(C)C. The van der Waals surface area contributed by atoms with Crippen LogP contribution in [0.5, 0.6) is 0 Å². The molecule has 0 spiro atoms. The summed E-state index contributed by atoms with van der Waals surface area (Å²) in [6.45, 7) is 10.1. The molecule has 0 bridgehead atoms. The first-order valence-corrected chi connectivity index (χ1v) is 7.43. The Morgan fingerprint density at radius 3 is 2.10 bits per heavy atom. The molecule has 0 saturated carbocycles. The first-order valence-electron chi connectivity index (χ1n) is 7.43. The molecule has 4 nitrogen and oxygen atoms in total. The van der Waals surface area contributed by atoms with E-state index in [1.807, 2.05) is 38.1 Å². The van der Waals surface area contributed by atoms with Crippen LogP contribution in [0.3, 0.4) is 0 Å². The number of carbonyl (C=O) groups is 2. The average molecular weight is 291 g/mol. The third-order valence-electron chi connectivity index (χ3n) is 3.31. The normalized spacial score (nSPS) is 10.8. The molecule has 0 saturated heterocycles. The van der Waals surface area contributed by atoms with Crippen LogP contribution in [-0.2, 0) is 9.53 Å². The molecule has 0 heterocycles. The van der Waals surface area contributed by atoms with Crippen LogP contribution in [0.4, 0.5) is 0 Å². The van der Waals surface area contributed by atoms with E-state index in [0.29, 0.717) is 18.1 Å². The molecule has 0 radical (unpaired) electrons. The number of ether oxygens (including phenoxy) is 1. The zero-order valence-corrected chi connectivity index (χ0v) is 13.6. The van der Waals surface area contributed by atoms with Crippen molar-refractivity contribution in [2.45, 2.75) is 46.6 Å². The second-order valence-corrected chi connectivity index (χ2v) is 5.61. The van der Waals surface area contributed by atoms with Crippen LogP contribution in [0.1, 0.15) is 56.5 Å². The summed E-state index contributed by atoms with van der Waals surface area (Å²) >= 11 is 0. The van der Waals surface area contributed by atoms with Gasteiger partial charge in [0, 0.05) is 11.6 Å². The zero-order valence-electron chi connectivity index (χ0n) is 13.6. The molecule has 1 aromatic rings. The second kappa shape index (κ2) is 7.81. The maximum atomic E-state index is 12.5. The molecule has 0 fully saturated rings. The van der Waals surface area contributed by atoms with Gasteiger partial charge in [0.05, 0.1) is 6.61 Å². The molecule has 0 aliphatic rings. The summed E-state index contributed by atoms with van der Waals surface area (Å²) in [5.74, 6) is -0.0957. The Hall–Kier alpha value is -1.84. The van der Waals surface area contributed by atoms with Crippen molar-refractivity contribution in [3.05, 3.63) is 35.4 Å². The van der Waals surface area contributed by atoms with E-state index >= 15 is 0 Å². The summed E-state index contributed by atoms with van der Waals surface area (Å²) in [5, 5.41) is 0. The molecule has 1 aromatic carbocycles. The lowest BCUT2D eigenvalue weighted by atomic mass is 10.0. The minimum atomic E-state index is -0.377. The van der Waals surface area contributed by atoms with Crippen LogP contribution < -0.4 is 0 Å². The topological polar surface area (TPSA) is 46.6 Å². The fraction of sp³-hybridized carbons (Fsp3) is 0.529. The molecule has 4 heteroatoms. The van der Waals surface area contributed by atoms with Crippen molar-refractivity contribution in [3.8, 4) is 0 Å². The molecule has 0 aromatic heterocycles. The highest BCUT2D eigenvalue weighted by Gasteiger charge is 2.22. The molecule has 0 unspecified atom stereocenters. The Balaban J connectivity index is 2.87. The van der Waals surface area contributed by atoms with Crippen molar-refractivity contribution in [2.24, 2.45) is 0 Å². The highest BCUT2D eigenvalue weighted by atomic mass is 16.5. The van der Waals surface area contributed by atoms with E-state index < -0.39 is 0 Å². The van der Waals surface area contributed by atoms with E-state index in [4.69, 9.17) is 4.74 Å². The quantitative estimate of drug-likeness (QED) is 0.756. The number of amides is 1. The van der Waals surface area contributed by atoms with E-state index in [9.17, 15) is 9.59 Å². The van der Waals surface area contributed by atoms with Crippen LogP contribution in [0.2, 0.25) is 0 Å². The van der Waals surface area contributed by atoms with Crippen molar-refractivity contribution >= 4 is 11.9 Å². The second-order valence-electron chi connectivity index (χ2n) is 5.61. The first kappa shape index (κ1) is 17.2. The van der Waals surface area contributed by atoms with Crippen LogP contribution in [0.25, 0.3) is 0 Å². The molecule has 0 aliphatic heterocycles. The van der Waals surface area contributed by atoms with Crippen LogP contribution >= 0.6 is 0 Å². The third kappa shape index (κ3) is 4.88. The van der Waals surface area contributed by atoms with E-state index in [-0.39, 0.29) is 24.5 Å². The maximum absolute atomic E-state index is 12.5. The maximum Gasteiger partial charge on any atom is 0.325 e. The molecule has 21 heavy (non-hydrogen) atoms. The summed E-state index contributed by atoms with van der Waals surface area (Å²) in [4.78, 5) is 25.7. The van der Waals surface area contributed by atoms with Crippen LogP contribution in [-0.4, -0.2) is 36.0 Å². The van der Waals surface area contributed by atoms with Gasteiger partial charge in [0.25, 0.3) is 5.91 Å². The van der Waals surface area contributed by atoms with Crippen molar-refractivity contribution in [1.82, 2.24) is 4.90 Å². The average Bonchev–Trinajstić information content (AvgIpc) is 2.44. The van der Waals surface area contributed by atoms with Crippen LogP contribution in [0, 0.1) is 0 Å². The molecule has 0 aliphatic carbocycles. The number of benzene rings is 1. The van der Waals surface area contributed by atoms with Crippen molar-refractivity contribution in [1.29, 1.82) is 0 Å². The highest BCUT2D eigenvalue weighted by Crippen LogP contribution is 2.16. The number of carbonyl (C=O) groups excluding carboxylic acids is 2. The van der Waals surface area contributed by atoms with Gasteiger partial charge in [-0.25, -0.2) is 0 Å². The highest BCUT2D eigenvalue weighted by molar-refractivity contribution is 5.96. The summed E-state index contributed by atoms with van der Waals surface area (Å²) in [7, 11) is 0. The zero-order chi connectivity index (χ0) is 16.0. The standard InChI is InChI=1S/C17H25NO3/c1-6-21-16(19)11-18(13(4)5)17(20)15-9-7-14(8-10-15)12(2)3/h7-10,12-13H,6,11H2,1-5H3. The lowest BCUT2D eigenvalue weighted by Gasteiger charge is -2.26. The van der Waals surface area contributed by atoms with Crippen LogP contribution in [0.15, 0.2) is 24.3 Å². The van der Waals surface area contributed by atoms with Gasteiger partial charge >= 0.3 is 5.97 Å². The summed E-state index contributed by atoms with van der Waals surface area (Å²) in [6, 6.07) is 7.49. The van der Waals surface area contributed by atoms with Gasteiger partial charge in [0.1, 0.15) is 6.54 Å². The lowest BCUT2D eigenvalue weighted by molar-refractivity contribution is -0.144. The molecule has 1 rings (SSSR count). The predicted octanol–water partition coefficient (Wildman–Crippen LogP) is 3.22. The van der Waals surface area contributed by atoms with Gasteiger partial charge in [-0.1, -0.05) is 26.0 Å². The van der Waals surface area contributed by atoms with Gasteiger partial charge < -0.3 is 9.64 Å². The van der Waals surface area contributed by atoms with Gasteiger partial charge in [0.15, 0.2) is 0 Å². The van der Waals surface area contributed by atoms with Gasteiger partial charge in [-0.3, -0.25) is 9.59 Å². The van der Waals surface area contributed by atoms with Crippen molar-refractivity contribution in [2.75, 3.05) is 13.2 Å². The monoisotopic (exact) mass is 291 g/mol. The smallest absolute Gasteiger partial charge is 0.325 e. The number of hydrogen-bond donors (Lipinski definition) is 0. The molecular weight excluding hydrogens is 266 g/mol. The van der Waals surface area contributed by atoms with Crippen molar-refractivity contribution < 1.29 is 14.3 Å². The lowest BCUT2D eigenvalue weighted by Crippen LogP contribution is -2.41.